The molecular weight excluding hydrogens is 1120 g/mol. The first kappa shape index (κ1) is 65.5. The highest BCUT2D eigenvalue weighted by atomic mass is 32.2. The Labute approximate surface area is 486 Å². The number of nitrogens with zero attached hydrogens (tertiary/aromatic N) is 5. The van der Waals surface area contributed by atoms with Crippen LogP contribution in [0, 0.1) is 31.1 Å². The predicted octanol–water partition coefficient (Wildman–Crippen LogP) is 2.57. The molecule has 0 saturated carbocycles. The van der Waals surface area contributed by atoms with Gasteiger partial charge in [-0.3, -0.25) is 28.5 Å². The lowest BCUT2D eigenvalue weighted by Crippen LogP contribution is -2.57. The molecule has 83 heavy (non-hydrogen) atoms. The van der Waals surface area contributed by atoms with E-state index in [0.29, 0.717) is 50.8 Å². The number of aliphatic hydroxyl groups is 2. The lowest BCUT2D eigenvalue weighted by molar-refractivity contribution is -0.144. The van der Waals surface area contributed by atoms with Gasteiger partial charge in [-0.1, -0.05) is 64.1 Å². The van der Waals surface area contributed by atoms with E-state index < -0.39 is 81.0 Å². The second-order valence-electron chi connectivity index (χ2n) is 21.9. The van der Waals surface area contributed by atoms with Crippen LogP contribution in [0.3, 0.4) is 0 Å². The standard InChI is InChI=1S/C55H78N10O16S2/c1-33(2)26-42(50(69)59-43(53(72)83(74,75)76)27-38-16-18-56-49(38)68)60-54(73)81-41-14-12-40(13-15-41)80-31-44-35(4)65(63-62-44)19-21-78-23-25-79-24-22-77-20-17-46(67)61-48(55(5,6)7)52(71)64-30-39(66)28-45(64)51(70)57-29-36-8-10-37(11-9-36)47-34(3)58-32-82-47/h8-15,32-33,38-39,42-43,45,48,53,66,72H,16-31H2,1-7H3,(H,56,68)(H,57,70)(H,59,69)(H,60,73)(H,61,67)(H,74,75,76)/t38-,39+,42-,43-,45-,48+,53?/m0/s1. The Morgan fingerprint density at radius 3 is 2.18 bits per heavy atom. The molecule has 2 aromatic carbocycles. The predicted molar refractivity (Wildman–Crippen MR) is 302 cm³/mol. The first-order valence-corrected chi connectivity index (χ1v) is 29.9. The SMILES string of the molecule is Cc1ncsc1-c1ccc(CNC(=O)[C@@H]2C[C@@H](O)CN2C(=O)[C@@H](NC(=O)CCOCCOCCOCCn2nnc(COc3ccc(OC(=O)N[C@@H](CC(C)C)C(=O)N[C@@H](C[C@@H]4CCNC4=O)C(O)S(=O)(=O)O)cc3)c2C)C(C)(C)C)cc1. The van der Waals surface area contributed by atoms with Crippen LogP contribution < -0.4 is 36.1 Å². The van der Waals surface area contributed by atoms with Gasteiger partial charge < -0.3 is 65.4 Å². The third-order valence-electron chi connectivity index (χ3n) is 13.9. The van der Waals surface area contributed by atoms with Gasteiger partial charge in [0.2, 0.25) is 35.0 Å². The summed E-state index contributed by atoms with van der Waals surface area (Å²) < 4.78 is 63.1. The van der Waals surface area contributed by atoms with Crippen LogP contribution >= 0.6 is 11.3 Å². The summed E-state index contributed by atoms with van der Waals surface area (Å²) in [6.45, 7) is 15.4. The molecule has 2 aliphatic rings. The Morgan fingerprint density at radius 2 is 1.57 bits per heavy atom. The molecule has 2 fully saturated rings. The number of ether oxygens (including phenoxy) is 5. The van der Waals surface area contributed by atoms with Crippen molar-refractivity contribution in [3.05, 3.63) is 76.7 Å². The van der Waals surface area contributed by atoms with Gasteiger partial charge in [-0.25, -0.2) is 14.5 Å². The number of aryl methyl sites for hydroxylation is 1. The molecule has 6 rings (SSSR count). The highest BCUT2D eigenvalue weighted by Crippen LogP contribution is 2.29. The van der Waals surface area contributed by atoms with Crippen molar-refractivity contribution in [2.45, 2.75) is 136 Å². The van der Waals surface area contributed by atoms with Gasteiger partial charge in [0.25, 0.3) is 10.1 Å². The van der Waals surface area contributed by atoms with Gasteiger partial charge in [-0.15, -0.1) is 16.4 Å². The van der Waals surface area contributed by atoms with E-state index in [9.17, 15) is 52.0 Å². The average Bonchev–Trinajstić information content (AvgIpc) is 4.33. The van der Waals surface area contributed by atoms with Crippen molar-refractivity contribution >= 4 is 57.1 Å². The van der Waals surface area contributed by atoms with E-state index in [1.807, 2.05) is 58.9 Å². The lowest BCUT2D eigenvalue weighted by Gasteiger charge is -2.35. The van der Waals surface area contributed by atoms with Crippen LogP contribution in [-0.2, 0) is 68.0 Å². The van der Waals surface area contributed by atoms with Gasteiger partial charge >= 0.3 is 6.09 Å². The zero-order valence-corrected chi connectivity index (χ0v) is 49.5. The Balaban J connectivity index is 0.831. The second kappa shape index (κ2) is 30.8. The van der Waals surface area contributed by atoms with Gasteiger partial charge in [0.05, 0.1) is 80.1 Å². The number of nitrogens with one attached hydrogen (secondary N) is 5. The third kappa shape index (κ3) is 20.0. The van der Waals surface area contributed by atoms with Crippen LogP contribution in [-0.4, -0.2) is 172 Å². The summed E-state index contributed by atoms with van der Waals surface area (Å²) in [4.78, 5) is 85.8. The first-order chi connectivity index (χ1) is 39.4. The maximum Gasteiger partial charge on any atom is 0.413 e. The lowest BCUT2D eigenvalue weighted by atomic mass is 9.85. The van der Waals surface area contributed by atoms with Crippen molar-refractivity contribution in [2.24, 2.45) is 17.3 Å². The van der Waals surface area contributed by atoms with Crippen LogP contribution in [0.1, 0.15) is 89.4 Å². The van der Waals surface area contributed by atoms with Gasteiger partial charge in [0.1, 0.15) is 41.9 Å². The third-order valence-corrected chi connectivity index (χ3v) is 15.8. The normalized spacial score (nSPS) is 17.8. The van der Waals surface area contributed by atoms with Crippen molar-refractivity contribution < 1.29 is 75.6 Å². The van der Waals surface area contributed by atoms with Gasteiger partial charge in [-0.05, 0) is 79.8 Å². The van der Waals surface area contributed by atoms with Gasteiger partial charge in [0, 0.05) is 38.4 Å². The number of carbonyl (C=O) groups excluding carboxylic acids is 6. The number of rotatable bonds is 31. The zero-order valence-electron chi connectivity index (χ0n) is 47.8. The molecule has 1 unspecified atom stereocenters. The Hall–Kier alpha value is -6.66. The molecule has 4 heterocycles. The number of amides is 6. The van der Waals surface area contributed by atoms with Crippen LogP contribution in [0.2, 0.25) is 0 Å². The van der Waals surface area contributed by atoms with E-state index in [-0.39, 0.29) is 88.7 Å². The number of aliphatic hydroxyl groups excluding tert-OH is 2. The minimum Gasteiger partial charge on any atom is -0.487 e. The highest BCUT2D eigenvalue weighted by Gasteiger charge is 2.45. The molecule has 0 radical (unpaired) electrons. The Kier molecular flexibility index (Phi) is 24.3. The molecule has 0 bridgehead atoms. The van der Waals surface area contributed by atoms with Crippen molar-refractivity contribution in [1.82, 2.24) is 51.5 Å². The van der Waals surface area contributed by atoms with E-state index in [1.165, 1.54) is 17.0 Å². The van der Waals surface area contributed by atoms with Crippen LogP contribution in [0.25, 0.3) is 10.4 Å². The Morgan fingerprint density at radius 1 is 0.904 bits per heavy atom. The van der Waals surface area contributed by atoms with Crippen LogP contribution in [0.4, 0.5) is 4.79 Å². The van der Waals surface area contributed by atoms with Crippen molar-refractivity contribution in [2.75, 3.05) is 52.7 Å². The maximum absolute atomic E-state index is 14.0. The topological polar surface area (TPSA) is 350 Å². The number of thiazole rings is 1. The zero-order chi connectivity index (χ0) is 60.4. The van der Waals surface area contributed by atoms with E-state index >= 15 is 0 Å². The summed E-state index contributed by atoms with van der Waals surface area (Å²) in [6, 6.07) is 9.24. The fourth-order valence-electron chi connectivity index (χ4n) is 9.26. The molecule has 456 valence electrons. The van der Waals surface area contributed by atoms with E-state index in [0.717, 1.165) is 27.4 Å². The number of aromatic nitrogens is 4. The monoisotopic (exact) mass is 1200 g/mol. The van der Waals surface area contributed by atoms with Gasteiger partial charge in [0.15, 0.2) is 0 Å². The quantitative estimate of drug-likeness (QED) is 0.0265. The van der Waals surface area contributed by atoms with E-state index in [1.54, 1.807) is 47.5 Å². The molecule has 0 spiro atoms. The van der Waals surface area contributed by atoms with Crippen molar-refractivity contribution in [3.63, 3.8) is 0 Å². The summed E-state index contributed by atoms with van der Waals surface area (Å²) in [5.41, 5.74) is 2.87. The highest BCUT2D eigenvalue weighted by molar-refractivity contribution is 7.86. The number of β-amino-alcohol motifs (C(OH)–C–C–N with tert-alkyl or cyclic N) is 1. The summed E-state index contributed by atoms with van der Waals surface area (Å²) in [5.74, 6) is -2.76. The van der Waals surface area contributed by atoms with Crippen molar-refractivity contribution in [1.29, 1.82) is 0 Å². The molecule has 6 amide bonds. The molecule has 4 aromatic rings. The molecule has 28 heteroatoms. The minimum absolute atomic E-state index is 0.0149. The summed E-state index contributed by atoms with van der Waals surface area (Å²) in [6.07, 6.45) is -1.65. The van der Waals surface area contributed by atoms with E-state index in [4.69, 9.17) is 23.7 Å². The molecule has 8 N–H and O–H groups in total. The smallest absolute Gasteiger partial charge is 0.413 e. The molecular formula is C55H78N10O16S2. The minimum atomic E-state index is -5.02. The fraction of sp³-hybridized carbons (Fsp3) is 0.582. The fourth-order valence-corrected chi connectivity index (χ4v) is 10.7. The van der Waals surface area contributed by atoms with E-state index in [2.05, 4.69) is 41.9 Å². The molecule has 2 aliphatic heterocycles. The molecule has 7 atom stereocenters. The molecule has 2 saturated heterocycles. The number of benzene rings is 2. The Bertz CT molecular complexity index is 2920. The van der Waals surface area contributed by atoms with Crippen LogP contribution in [0.5, 0.6) is 11.5 Å². The maximum atomic E-state index is 14.0. The number of carbonyl (C=O) groups is 6. The first-order valence-electron chi connectivity index (χ1n) is 27.5. The summed E-state index contributed by atoms with van der Waals surface area (Å²) >= 11 is 1.56. The number of likely N-dealkylation sites (tertiary alicyclic amines) is 1. The summed E-state index contributed by atoms with van der Waals surface area (Å²) in [7, 11) is -5.02. The van der Waals surface area contributed by atoms with Crippen molar-refractivity contribution in [3.8, 4) is 21.9 Å². The average molecular weight is 1200 g/mol. The molecule has 0 aliphatic carbocycles. The molecule has 2 aromatic heterocycles. The largest absolute Gasteiger partial charge is 0.487 e. The number of hydrogen-bond donors (Lipinski definition) is 8. The summed E-state index contributed by atoms with van der Waals surface area (Å²) in [5, 5.41) is 42.6. The van der Waals surface area contributed by atoms with Crippen LogP contribution in [0.15, 0.2) is 54.0 Å². The molecule has 26 nitrogen and oxygen atoms in total. The number of hydrogen-bond acceptors (Lipinski definition) is 19. The second-order valence-corrected chi connectivity index (χ2v) is 24.3. The van der Waals surface area contributed by atoms with Gasteiger partial charge in [-0.2, -0.15) is 8.42 Å².